The second-order valence-corrected chi connectivity index (χ2v) is 17.9. The molecule has 0 fully saturated rings. The molecular weight excluding hydrogens is 523 g/mol. The number of halogens is 2. The molecule has 3 aromatic rings. The van der Waals surface area contributed by atoms with Gasteiger partial charge in [-0.2, -0.15) is 22.5 Å². The summed E-state index contributed by atoms with van der Waals surface area (Å²) in [6.07, 6.45) is 3.36. The molecule has 0 aliphatic heterocycles. The van der Waals surface area contributed by atoms with Gasteiger partial charge in [0.2, 0.25) is 0 Å². The zero-order chi connectivity index (χ0) is 20.8. The molecule has 0 saturated carbocycles. The summed E-state index contributed by atoms with van der Waals surface area (Å²) in [6, 6.07) is 15.2. The van der Waals surface area contributed by atoms with Crippen LogP contribution in [0, 0.1) is 18.9 Å². The van der Waals surface area contributed by atoms with E-state index in [9.17, 15) is 0 Å². The zero-order valence-corrected chi connectivity index (χ0v) is 24.8. The minimum absolute atomic E-state index is 0. The van der Waals surface area contributed by atoms with E-state index in [2.05, 4.69) is 102 Å². The molecule has 1 unspecified atom stereocenters. The minimum Gasteiger partial charge on any atom is -0.155 e. The summed E-state index contributed by atoms with van der Waals surface area (Å²) in [5.41, 5.74) is 7.23. The average Bonchev–Trinajstić information content (AvgIpc) is 3.31. The molecule has 1 aliphatic rings. The molecular formula is C25H32Cl2SSiZr. The van der Waals surface area contributed by atoms with Crippen LogP contribution in [0.5, 0.6) is 0 Å². The van der Waals surface area contributed by atoms with E-state index in [4.69, 9.17) is 0 Å². The van der Waals surface area contributed by atoms with Gasteiger partial charge in [-0.05, 0) is 10.3 Å². The molecule has 0 spiro atoms. The van der Waals surface area contributed by atoms with Gasteiger partial charge in [0.25, 0.3) is 0 Å². The second-order valence-electron chi connectivity index (χ2n) is 7.57. The molecule has 1 atom stereocenters. The van der Waals surface area contributed by atoms with Gasteiger partial charge in [0, 0.05) is 0 Å². The maximum Gasteiger partial charge on any atom is -0.00957 e. The molecule has 1 aromatic heterocycles. The van der Waals surface area contributed by atoms with Crippen LogP contribution >= 0.6 is 36.2 Å². The molecule has 5 heteroatoms. The van der Waals surface area contributed by atoms with Crippen molar-refractivity contribution in [1.29, 1.82) is 0 Å². The van der Waals surface area contributed by atoms with E-state index in [1.54, 1.807) is 23.3 Å². The maximum absolute atomic E-state index is 3.36. The van der Waals surface area contributed by atoms with E-state index in [1.807, 2.05) is 11.3 Å². The summed E-state index contributed by atoms with van der Waals surface area (Å²) >= 11 is 3.55. The van der Waals surface area contributed by atoms with Gasteiger partial charge in [-0.15, -0.1) is 77.9 Å². The van der Waals surface area contributed by atoms with E-state index >= 15 is 0 Å². The first kappa shape index (κ1) is 29.7. The fourth-order valence-electron chi connectivity index (χ4n) is 3.28. The van der Waals surface area contributed by atoms with Crippen molar-refractivity contribution in [2.45, 2.75) is 47.7 Å². The summed E-state index contributed by atoms with van der Waals surface area (Å²) in [7, 11) is 0. The number of fused-ring (bicyclic) bond motifs is 1. The number of thiophene rings is 1. The van der Waals surface area contributed by atoms with Gasteiger partial charge in [0.15, 0.2) is 0 Å². The summed E-state index contributed by atoms with van der Waals surface area (Å²) in [5.74, 6) is 0.560. The van der Waals surface area contributed by atoms with Crippen LogP contribution in [0.25, 0.3) is 21.2 Å². The monoisotopic (exact) mass is 552 g/mol. The number of benzene rings is 1. The second kappa shape index (κ2) is 14.0. The molecule has 160 valence electrons. The molecule has 2 aromatic carbocycles. The summed E-state index contributed by atoms with van der Waals surface area (Å²) in [5, 5.41) is 4.85. The Morgan fingerprint density at radius 3 is 2.03 bits per heavy atom. The van der Waals surface area contributed by atoms with Crippen molar-refractivity contribution in [3.8, 4) is 10.4 Å². The normalized spacial score (nSPS) is 14.6. The van der Waals surface area contributed by atoms with Gasteiger partial charge in [-0.3, -0.25) is 6.08 Å². The predicted octanol–water partition coefficient (Wildman–Crippen LogP) is 8.95. The van der Waals surface area contributed by atoms with Gasteiger partial charge < -0.3 is 0 Å². The summed E-state index contributed by atoms with van der Waals surface area (Å²) in [4.78, 5) is 1.37. The third-order valence-electron chi connectivity index (χ3n) is 5.00. The van der Waals surface area contributed by atoms with Crippen LogP contribution in [0.15, 0.2) is 64.6 Å². The Kier molecular flexibility index (Phi) is 13.8. The van der Waals surface area contributed by atoms with E-state index in [1.165, 1.54) is 43.5 Å². The van der Waals surface area contributed by atoms with Crippen LogP contribution in [0.4, 0.5) is 0 Å². The first-order valence-electron chi connectivity index (χ1n) is 9.70. The van der Waals surface area contributed by atoms with E-state index in [-0.39, 0.29) is 30.2 Å². The van der Waals surface area contributed by atoms with Crippen molar-refractivity contribution in [3.05, 3.63) is 76.2 Å². The van der Waals surface area contributed by atoms with Crippen LogP contribution in [0.3, 0.4) is 0 Å². The third kappa shape index (κ3) is 7.99. The molecule has 0 bridgehead atoms. The SMILES string of the molecule is CC1=[C-]C(C)C(C)=C1C.C[Si](C)=[Zr+2].Cc1[cH-]c2ccccc2c1-c1cccs1.Cl.Cl. The van der Waals surface area contributed by atoms with Crippen molar-refractivity contribution < 1.29 is 23.3 Å². The van der Waals surface area contributed by atoms with Crippen molar-refractivity contribution in [2.75, 3.05) is 0 Å². The Labute approximate surface area is 214 Å². The van der Waals surface area contributed by atoms with Gasteiger partial charge in [-0.25, -0.2) is 5.57 Å². The minimum atomic E-state index is 0. The fourth-order valence-corrected chi connectivity index (χ4v) is 4.13. The van der Waals surface area contributed by atoms with Gasteiger partial charge in [-0.1, -0.05) is 51.8 Å². The Hall–Kier alpha value is -0.310. The number of hydrogen-bond donors (Lipinski definition) is 0. The molecule has 0 amide bonds. The Morgan fingerprint density at radius 1 is 1.00 bits per heavy atom. The van der Waals surface area contributed by atoms with Crippen molar-refractivity contribution in [1.82, 2.24) is 0 Å². The number of allylic oxidation sites excluding steroid dienone is 4. The summed E-state index contributed by atoms with van der Waals surface area (Å²) in [6.45, 7) is 15.5. The van der Waals surface area contributed by atoms with Gasteiger partial charge >= 0.3 is 41.9 Å². The summed E-state index contributed by atoms with van der Waals surface area (Å²) < 4.78 is 0. The number of aryl methyl sites for hydroxylation is 1. The number of rotatable bonds is 1. The molecule has 1 aliphatic carbocycles. The van der Waals surface area contributed by atoms with Crippen LogP contribution in [-0.4, -0.2) is 5.43 Å². The van der Waals surface area contributed by atoms with Crippen LogP contribution < -0.4 is 0 Å². The topological polar surface area (TPSA) is 0 Å². The van der Waals surface area contributed by atoms with Crippen LogP contribution in [-0.2, 0) is 23.3 Å². The third-order valence-corrected chi connectivity index (χ3v) is 5.89. The molecule has 30 heavy (non-hydrogen) atoms. The van der Waals surface area contributed by atoms with Gasteiger partial charge in [0.05, 0.1) is 0 Å². The van der Waals surface area contributed by atoms with Crippen molar-refractivity contribution >= 4 is 52.4 Å². The fraction of sp³-hybridized carbons (Fsp3) is 0.320. The molecule has 1 heterocycles. The van der Waals surface area contributed by atoms with E-state index < -0.39 is 0 Å². The smallest absolute Gasteiger partial charge is 0.00957 e. The average molecular weight is 555 g/mol. The van der Waals surface area contributed by atoms with Crippen LogP contribution in [0.2, 0.25) is 13.1 Å². The van der Waals surface area contributed by atoms with Gasteiger partial charge in [0.1, 0.15) is 0 Å². The predicted molar refractivity (Wildman–Crippen MR) is 140 cm³/mol. The van der Waals surface area contributed by atoms with E-state index in [0.717, 1.165) is 0 Å². The molecule has 0 radical (unpaired) electrons. The van der Waals surface area contributed by atoms with Crippen molar-refractivity contribution in [2.24, 2.45) is 5.92 Å². The number of hydrogen-bond acceptors (Lipinski definition) is 1. The zero-order valence-electron chi connectivity index (χ0n) is 18.9. The first-order chi connectivity index (χ1) is 13.2. The molecule has 0 saturated heterocycles. The quantitative estimate of drug-likeness (QED) is 0.208. The molecule has 0 nitrogen and oxygen atoms in total. The Bertz CT molecular complexity index is 1010. The molecule has 4 rings (SSSR count). The maximum atomic E-state index is 3.36. The van der Waals surface area contributed by atoms with E-state index in [0.29, 0.717) is 5.92 Å². The largest absolute Gasteiger partial charge is 0.155 e. The first-order valence-corrected chi connectivity index (χ1v) is 16.8. The standard InChI is InChI=1S/C14H11S.C9H13.C2H6Si.2ClH.Zr/c1-10-9-11-5-2-3-6-12(11)14(10)13-7-4-8-15-13;1-6-5-7(2)9(4)8(6)3;1-3-2;;;/h2-9H,1H3;6H,1-4H3;1-2H3;2*1H;/q2*-1;;;;+2. The Balaban J connectivity index is 0.000000486. The van der Waals surface area contributed by atoms with Crippen molar-refractivity contribution in [3.63, 3.8) is 0 Å². The molecule has 0 N–H and O–H groups in total. The Morgan fingerprint density at radius 2 is 1.60 bits per heavy atom. The van der Waals surface area contributed by atoms with Crippen LogP contribution in [0.1, 0.15) is 33.3 Å².